The van der Waals surface area contributed by atoms with Gasteiger partial charge in [0.05, 0.1) is 12.5 Å². The van der Waals surface area contributed by atoms with Crippen molar-refractivity contribution >= 4 is 11.8 Å². The summed E-state index contributed by atoms with van der Waals surface area (Å²) >= 11 is 0. The highest BCUT2D eigenvalue weighted by Gasteiger charge is 2.45. The number of hydrogen-bond acceptors (Lipinski definition) is 4. The van der Waals surface area contributed by atoms with Crippen LogP contribution in [0, 0.1) is 0 Å². The Morgan fingerprint density at radius 3 is 2.50 bits per heavy atom. The molecule has 1 aliphatic carbocycles. The molecule has 1 unspecified atom stereocenters. The van der Waals surface area contributed by atoms with Crippen LogP contribution in [0.5, 0.6) is 0 Å². The lowest BCUT2D eigenvalue weighted by molar-refractivity contribution is -0.139. The molecule has 0 aromatic carbocycles. The van der Waals surface area contributed by atoms with Crippen molar-refractivity contribution in [1.82, 2.24) is 15.1 Å². The van der Waals surface area contributed by atoms with E-state index in [1.165, 1.54) is 4.90 Å². The van der Waals surface area contributed by atoms with Gasteiger partial charge < -0.3 is 10.2 Å². The second kappa shape index (κ2) is 5.80. The van der Waals surface area contributed by atoms with E-state index in [4.69, 9.17) is 0 Å². The summed E-state index contributed by atoms with van der Waals surface area (Å²) in [7, 11) is 0. The molecule has 0 aromatic rings. The van der Waals surface area contributed by atoms with Crippen LogP contribution in [0.15, 0.2) is 0 Å². The van der Waals surface area contributed by atoms with E-state index in [9.17, 15) is 9.59 Å². The predicted molar refractivity (Wildman–Crippen MR) is 69.1 cm³/mol. The van der Waals surface area contributed by atoms with Gasteiger partial charge in [0, 0.05) is 19.1 Å². The molecule has 0 spiro atoms. The van der Waals surface area contributed by atoms with Crippen molar-refractivity contribution in [1.29, 1.82) is 0 Å². The minimum atomic E-state index is -0.284. The molecule has 2 fully saturated rings. The molecule has 1 aliphatic heterocycles. The highest BCUT2D eigenvalue weighted by molar-refractivity contribution is 6.06. The van der Waals surface area contributed by atoms with E-state index in [1.54, 1.807) is 0 Å². The minimum Gasteiger partial charge on any atom is -0.304 e. The van der Waals surface area contributed by atoms with Gasteiger partial charge in [0.25, 0.3) is 0 Å². The number of amides is 2. The normalized spacial score (nSPS) is 24.4. The standard InChI is InChI=1S/C13H23N3O2/c1-3-15(4-2)8-7-14-11-9-12(17)16(13(11)18)10-5-6-10/h10-11,14H,3-9H2,1-2H3. The Labute approximate surface area is 108 Å². The fraction of sp³-hybridized carbons (Fsp3) is 0.846. The van der Waals surface area contributed by atoms with Crippen LogP contribution in [0.2, 0.25) is 0 Å². The lowest BCUT2D eigenvalue weighted by Gasteiger charge is -2.19. The average Bonchev–Trinajstić information content (AvgIpc) is 3.13. The molecule has 2 amide bonds. The van der Waals surface area contributed by atoms with Gasteiger partial charge >= 0.3 is 0 Å². The molecule has 1 N–H and O–H groups in total. The van der Waals surface area contributed by atoms with Crippen molar-refractivity contribution in [3.8, 4) is 0 Å². The van der Waals surface area contributed by atoms with Gasteiger partial charge in [0.2, 0.25) is 11.8 Å². The number of nitrogens with one attached hydrogen (secondary N) is 1. The van der Waals surface area contributed by atoms with Gasteiger partial charge in [-0.3, -0.25) is 14.5 Å². The molecule has 0 bridgehead atoms. The third-order valence-corrected chi connectivity index (χ3v) is 3.81. The molecule has 2 rings (SSSR count). The highest BCUT2D eigenvalue weighted by Crippen LogP contribution is 2.31. The van der Waals surface area contributed by atoms with Crippen LogP contribution in [0.4, 0.5) is 0 Å². The van der Waals surface area contributed by atoms with E-state index in [2.05, 4.69) is 24.1 Å². The Kier molecular flexibility index (Phi) is 4.35. The lowest BCUT2D eigenvalue weighted by Crippen LogP contribution is -2.42. The van der Waals surface area contributed by atoms with Crippen molar-refractivity contribution in [3.63, 3.8) is 0 Å². The first-order valence-corrected chi connectivity index (χ1v) is 6.99. The van der Waals surface area contributed by atoms with E-state index in [0.29, 0.717) is 6.42 Å². The van der Waals surface area contributed by atoms with Crippen molar-refractivity contribution in [2.45, 2.75) is 45.2 Å². The summed E-state index contributed by atoms with van der Waals surface area (Å²) in [5.41, 5.74) is 0. The molecule has 18 heavy (non-hydrogen) atoms. The summed E-state index contributed by atoms with van der Waals surface area (Å²) in [4.78, 5) is 27.6. The van der Waals surface area contributed by atoms with Gasteiger partial charge in [-0.2, -0.15) is 0 Å². The van der Waals surface area contributed by atoms with Gasteiger partial charge in [0.15, 0.2) is 0 Å². The molecule has 5 heteroatoms. The largest absolute Gasteiger partial charge is 0.304 e. The topological polar surface area (TPSA) is 52.7 Å². The Hall–Kier alpha value is -0.940. The second-order valence-electron chi connectivity index (χ2n) is 5.07. The van der Waals surface area contributed by atoms with Crippen LogP contribution < -0.4 is 5.32 Å². The number of hydrogen-bond donors (Lipinski definition) is 1. The number of rotatable bonds is 7. The van der Waals surface area contributed by atoms with Crippen LogP contribution in [-0.4, -0.2) is 59.9 Å². The maximum atomic E-state index is 12.0. The van der Waals surface area contributed by atoms with Crippen LogP contribution in [0.25, 0.3) is 0 Å². The molecule has 102 valence electrons. The summed E-state index contributed by atoms with van der Waals surface area (Å²) in [6.07, 6.45) is 2.32. The molecule has 5 nitrogen and oxygen atoms in total. The number of likely N-dealkylation sites (tertiary alicyclic amines) is 1. The highest BCUT2D eigenvalue weighted by atomic mass is 16.2. The third-order valence-electron chi connectivity index (χ3n) is 3.81. The fourth-order valence-corrected chi connectivity index (χ4v) is 2.46. The molecule has 1 atom stereocenters. The quantitative estimate of drug-likeness (QED) is 0.659. The molecule has 0 radical (unpaired) electrons. The molecular formula is C13H23N3O2. The smallest absolute Gasteiger partial charge is 0.247 e. The van der Waals surface area contributed by atoms with E-state index < -0.39 is 0 Å². The zero-order valence-corrected chi connectivity index (χ0v) is 11.3. The van der Waals surface area contributed by atoms with Crippen LogP contribution in [0.1, 0.15) is 33.1 Å². The number of likely N-dealkylation sites (N-methyl/N-ethyl adjacent to an activating group) is 1. The molecule has 2 aliphatic rings. The minimum absolute atomic E-state index is 0.00263. The van der Waals surface area contributed by atoms with Gasteiger partial charge in [-0.05, 0) is 25.9 Å². The summed E-state index contributed by atoms with van der Waals surface area (Å²) in [5.74, 6) is -0.00936. The van der Waals surface area contributed by atoms with E-state index in [0.717, 1.165) is 39.0 Å². The van der Waals surface area contributed by atoms with Gasteiger partial charge in [-0.15, -0.1) is 0 Å². The average molecular weight is 253 g/mol. The van der Waals surface area contributed by atoms with E-state index in [1.807, 2.05) is 0 Å². The maximum Gasteiger partial charge on any atom is 0.247 e. The molecule has 1 heterocycles. The monoisotopic (exact) mass is 253 g/mol. The van der Waals surface area contributed by atoms with Crippen LogP contribution in [0.3, 0.4) is 0 Å². The second-order valence-corrected chi connectivity index (χ2v) is 5.07. The maximum absolute atomic E-state index is 12.0. The zero-order chi connectivity index (χ0) is 13.1. The Morgan fingerprint density at radius 1 is 1.28 bits per heavy atom. The number of imide groups is 1. The summed E-state index contributed by atoms with van der Waals surface area (Å²) in [6.45, 7) is 7.98. The van der Waals surface area contributed by atoms with Crippen LogP contribution >= 0.6 is 0 Å². The SMILES string of the molecule is CCN(CC)CCNC1CC(=O)N(C2CC2)C1=O. The van der Waals surface area contributed by atoms with E-state index in [-0.39, 0.29) is 23.9 Å². The lowest BCUT2D eigenvalue weighted by atomic mass is 10.2. The predicted octanol–water partition coefficient (Wildman–Crippen LogP) is 0.208. The molecule has 1 saturated heterocycles. The summed E-state index contributed by atoms with van der Waals surface area (Å²) in [6, 6.07) is -0.0757. The Balaban J connectivity index is 1.77. The first-order chi connectivity index (χ1) is 8.67. The Bertz CT molecular complexity index is 324. The molecular weight excluding hydrogens is 230 g/mol. The van der Waals surface area contributed by atoms with Gasteiger partial charge in [-0.1, -0.05) is 13.8 Å². The summed E-state index contributed by atoms with van der Waals surface area (Å²) < 4.78 is 0. The number of nitrogens with zero attached hydrogens (tertiary/aromatic N) is 2. The molecule has 1 saturated carbocycles. The fourth-order valence-electron chi connectivity index (χ4n) is 2.46. The Morgan fingerprint density at radius 2 is 1.94 bits per heavy atom. The zero-order valence-electron chi connectivity index (χ0n) is 11.3. The number of carbonyl (C=O) groups excluding carboxylic acids is 2. The van der Waals surface area contributed by atoms with Crippen LogP contribution in [-0.2, 0) is 9.59 Å². The van der Waals surface area contributed by atoms with Crippen molar-refractivity contribution < 1.29 is 9.59 Å². The van der Waals surface area contributed by atoms with Gasteiger partial charge in [-0.25, -0.2) is 0 Å². The summed E-state index contributed by atoms with van der Waals surface area (Å²) in [5, 5.41) is 3.22. The van der Waals surface area contributed by atoms with Crippen molar-refractivity contribution in [2.75, 3.05) is 26.2 Å². The van der Waals surface area contributed by atoms with E-state index >= 15 is 0 Å². The molecule has 0 aromatic heterocycles. The first-order valence-electron chi connectivity index (χ1n) is 6.99. The first kappa shape index (κ1) is 13.5. The van der Waals surface area contributed by atoms with Crippen molar-refractivity contribution in [3.05, 3.63) is 0 Å². The van der Waals surface area contributed by atoms with Crippen molar-refractivity contribution in [2.24, 2.45) is 0 Å². The third kappa shape index (κ3) is 2.90. The number of carbonyl (C=O) groups is 2. The van der Waals surface area contributed by atoms with Gasteiger partial charge in [0.1, 0.15) is 0 Å².